The van der Waals surface area contributed by atoms with E-state index in [0.29, 0.717) is 5.39 Å². The average Bonchev–Trinajstić information content (AvgIpc) is 2.84. The second kappa shape index (κ2) is 4.99. The van der Waals surface area contributed by atoms with Crippen molar-refractivity contribution in [2.45, 2.75) is 0 Å². The zero-order valence-electron chi connectivity index (χ0n) is 10.6. The van der Waals surface area contributed by atoms with Crippen molar-refractivity contribution in [2.75, 3.05) is 0 Å². The van der Waals surface area contributed by atoms with E-state index in [-0.39, 0.29) is 21.9 Å². The van der Waals surface area contributed by atoms with Crippen LogP contribution in [0.15, 0.2) is 48.5 Å². The lowest BCUT2D eigenvalue weighted by Gasteiger charge is -1.99. The van der Waals surface area contributed by atoms with Crippen LogP contribution < -0.4 is 0 Å². The van der Waals surface area contributed by atoms with Crippen LogP contribution in [0.3, 0.4) is 0 Å². The van der Waals surface area contributed by atoms with Gasteiger partial charge >= 0.3 is 0 Å². The second-order valence-corrected chi connectivity index (χ2v) is 5.46. The number of carbonyl (C=O) groups is 1. The van der Waals surface area contributed by atoms with Gasteiger partial charge in [0, 0.05) is 27.8 Å². The molecule has 0 saturated carbocycles. The van der Waals surface area contributed by atoms with Gasteiger partial charge in [-0.2, -0.15) is 0 Å². The molecule has 6 heteroatoms. The van der Waals surface area contributed by atoms with Crippen molar-refractivity contribution in [1.82, 2.24) is 0 Å². The molecule has 0 saturated heterocycles. The molecule has 3 aromatic rings. The van der Waals surface area contributed by atoms with Crippen LogP contribution in [0.1, 0.15) is 15.2 Å². The van der Waals surface area contributed by atoms with E-state index >= 15 is 0 Å². The number of hydrogen-bond donors (Lipinski definition) is 1. The van der Waals surface area contributed by atoms with Gasteiger partial charge in [-0.3, -0.25) is 14.9 Å². The van der Waals surface area contributed by atoms with Crippen LogP contribution in [0.25, 0.3) is 10.1 Å². The molecule has 1 N–H and O–H groups in total. The predicted octanol–water partition coefficient (Wildman–Crippen LogP) is 3.75. The molecule has 0 atom stereocenters. The molecule has 5 nitrogen and oxygen atoms in total. The molecule has 3 rings (SSSR count). The van der Waals surface area contributed by atoms with Gasteiger partial charge in [-0.15, -0.1) is 11.3 Å². The summed E-state index contributed by atoms with van der Waals surface area (Å²) in [6.45, 7) is 0. The molecule has 0 aliphatic carbocycles. The van der Waals surface area contributed by atoms with E-state index in [1.807, 2.05) is 12.1 Å². The first-order valence-electron chi connectivity index (χ1n) is 6.07. The van der Waals surface area contributed by atoms with Crippen LogP contribution in [-0.2, 0) is 0 Å². The Morgan fingerprint density at radius 3 is 2.62 bits per heavy atom. The van der Waals surface area contributed by atoms with Crippen molar-refractivity contribution < 1.29 is 14.8 Å². The molecular weight excluding hydrogens is 290 g/mol. The number of aromatic hydroxyl groups is 1. The molecule has 0 radical (unpaired) electrons. The molecule has 0 aliphatic rings. The van der Waals surface area contributed by atoms with Gasteiger partial charge < -0.3 is 5.11 Å². The summed E-state index contributed by atoms with van der Waals surface area (Å²) in [6, 6.07) is 12.6. The Morgan fingerprint density at radius 1 is 1.14 bits per heavy atom. The van der Waals surface area contributed by atoms with Crippen LogP contribution in [-0.4, -0.2) is 15.8 Å². The summed E-state index contributed by atoms with van der Waals surface area (Å²) in [5.41, 5.74) is 0.0347. The van der Waals surface area contributed by atoms with Gasteiger partial charge in [-0.25, -0.2) is 0 Å². The fourth-order valence-electron chi connectivity index (χ4n) is 2.08. The minimum absolute atomic E-state index is 0.0768. The summed E-state index contributed by atoms with van der Waals surface area (Å²) >= 11 is 1.17. The SMILES string of the molecule is O=C(c1cccc([N+](=O)[O-])c1)c1sc2ccccc2c1O. The van der Waals surface area contributed by atoms with Crippen LogP contribution in [0.2, 0.25) is 0 Å². The smallest absolute Gasteiger partial charge is 0.270 e. The molecule has 0 bridgehead atoms. The third kappa shape index (κ3) is 2.25. The third-order valence-corrected chi connectivity index (χ3v) is 4.25. The number of nitro benzene ring substituents is 1. The van der Waals surface area contributed by atoms with E-state index in [9.17, 15) is 20.0 Å². The highest BCUT2D eigenvalue weighted by Gasteiger charge is 2.20. The normalized spacial score (nSPS) is 10.7. The Kier molecular flexibility index (Phi) is 3.15. The Morgan fingerprint density at radius 2 is 1.90 bits per heavy atom. The number of thiophene rings is 1. The molecule has 0 unspecified atom stereocenters. The van der Waals surface area contributed by atoms with E-state index < -0.39 is 10.7 Å². The number of nitrogens with zero attached hydrogens (tertiary/aromatic N) is 1. The fourth-order valence-corrected chi connectivity index (χ4v) is 3.14. The number of nitro groups is 1. The van der Waals surface area contributed by atoms with Gasteiger partial charge in [0.05, 0.1) is 4.92 Å². The first kappa shape index (κ1) is 13.3. The highest BCUT2D eigenvalue weighted by Crippen LogP contribution is 2.38. The summed E-state index contributed by atoms with van der Waals surface area (Å²) in [6.07, 6.45) is 0. The Bertz CT molecular complexity index is 869. The van der Waals surface area contributed by atoms with Crippen LogP contribution >= 0.6 is 11.3 Å². The summed E-state index contributed by atoms with van der Waals surface area (Å²) in [4.78, 5) is 22.8. The van der Waals surface area contributed by atoms with Crippen LogP contribution in [0.4, 0.5) is 5.69 Å². The fraction of sp³-hybridized carbons (Fsp3) is 0. The topological polar surface area (TPSA) is 80.4 Å². The van der Waals surface area contributed by atoms with Gasteiger partial charge in [-0.1, -0.05) is 24.3 Å². The predicted molar refractivity (Wildman–Crippen MR) is 80.0 cm³/mol. The van der Waals surface area contributed by atoms with E-state index in [0.717, 1.165) is 4.70 Å². The zero-order chi connectivity index (χ0) is 15.0. The second-order valence-electron chi connectivity index (χ2n) is 4.41. The van der Waals surface area contributed by atoms with Crippen LogP contribution in [0, 0.1) is 10.1 Å². The molecule has 104 valence electrons. The molecule has 0 amide bonds. The number of fused-ring (bicyclic) bond motifs is 1. The zero-order valence-corrected chi connectivity index (χ0v) is 11.5. The highest BCUT2D eigenvalue weighted by atomic mass is 32.1. The number of ketones is 1. The monoisotopic (exact) mass is 299 g/mol. The van der Waals surface area contributed by atoms with Crippen molar-refractivity contribution in [3.63, 3.8) is 0 Å². The van der Waals surface area contributed by atoms with Crippen LogP contribution in [0.5, 0.6) is 5.75 Å². The van der Waals surface area contributed by atoms with Gasteiger partial charge in [0.2, 0.25) is 5.78 Å². The first-order valence-corrected chi connectivity index (χ1v) is 6.89. The molecule has 1 aromatic heterocycles. The van der Waals surface area contributed by atoms with E-state index in [2.05, 4.69) is 0 Å². The summed E-state index contributed by atoms with van der Waals surface area (Å²) in [7, 11) is 0. The number of non-ortho nitro benzene ring substituents is 1. The lowest BCUT2D eigenvalue weighted by atomic mass is 10.1. The van der Waals surface area contributed by atoms with Gasteiger partial charge in [-0.05, 0) is 12.1 Å². The van der Waals surface area contributed by atoms with Gasteiger partial charge in [0.1, 0.15) is 10.6 Å². The summed E-state index contributed by atoms with van der Waals surface area (Å²) in [5.74, 6) is -0.496. The molecule has 1 heterocycles. The first-order chi connectivity index (χ1) is 10.1. The summed E-state index contributed by atoms with van der Waals surface area (Å²) < 4.78 is 0.795. The van der Waals surface area contributed by atoms with E-state index in [1.54, 1.807) is 12.1 Å². The molecular formula is C15H9NO4S. The number of benzene rings is 2. The van der Waals surface area contributed by atoms with Crippen molar-refractivity contribution in [1.29, 1.82) is 0 Å². The Hall–Kier alpha value is -2.73. The molecule has 0 aliphatic heterocycles. The Balaban J connectivity index is 2.10. The standard InChI is InChI=1S/C15H9NO4S/c17-13(9-4-3-5-10(8-9)16(19)20)15-14(18)11-6-1-2-7-12(11)21-15/h1-8,18H. The van der Waals surface area contributed by atoms with E-state index in [1.165, 1.54) is 35.6 Å². The van der Waals surface area contributed by atoms with Crippen molar-refractivity contribution in [2.24, 2.45) is 0 Å². The lowest BCUT2D eigenvalue weighted by Crippen LogP contribution is -2.00. The maximum Gasteiger partial charge on any atom is 0.270 e. The number of rotatable bonds is 3. The van der Waals surface area contributed by atoms with Crippen molar-refractivity contribution >= 4 is 32.9 Å². The number of carbonyl (C=O) groups excluding carboxylic acids is 1. The molecule has 0 fully saturated rings. The van der Waals surface area contributed by atoms with Gasteiger partial charge in [0.15, 0.2) is 0 Å². The molecule has 2 aromatic carbocycles. The third-order valence-electron chi connectivity index (χ3n) is 3.09. The molecule has 21 heavy (non-hydrogen) atoms. The number of hydrogen-bond acceptors (Lipinski definition) is 5. The minimum Gasteiger partial charge on any atom is -0.506 e. The van der Waals surface area contributed by atoms with E-state index in [4.69, 9.17) is 0 Å². The van der Waals surface area contributed by atoms with Gasteiger partial charge in [0.25, 0.3) is 5.69 Å². The molecule has 0 spiro atoms. The quantitative estimate of drug-likeness (QED) is 0.454. The summed E-state index contributed by atoms with van der Waals surface area (Å²) in [5, 5.41) is 21.5. The van der Waals surface area contributed by atoms with Crippen molar-refractivity contribution in [3.8, 4) is 5.75 Å². The van der Waals surface area contributed by atoms with Crippen molar-refractivity contribution in [3.05, 3.63) is 69.1 Å². The minimum atomic E-state index is -0.554. The highest BCUT2D eigenvalue weighted by molar-refractivity contribution is 7.21. The lowest BCUT2D eigenvalue weighted by molar-refractivity contribution is -0.384. The Labute approximate surface area is 123 Å². The maximum atomic E-state index is 12.4. The maximum absolute atomic E-state index is 12.4. The largest absolute Gasteiger partial charge is 0.506 e. The average molecular weight is 299 g/mol.